The maximum atomic E-state index is 13.3. The van der Waals surface area contributed by atoms with Gasteiger partial charge >= 0.3 is 14.1 Å². The van der Waals surface area contributed by atoms with Crippen LogP contribution in [0.25, 0.3) is 11.2 Å². The van der Waals surface area contributed by atoms with Crippen LogP contribution in [0, 0.1) is 5.41 Å². The molecule has 6 atom stereocenters. The molecule has 1 saturated heterocycles. The number of carbonyl (C=O) groups is 1. The molecule has 0 aliphatic carbocycles. The van der Waals surface area contributed by atoms with E-state index in [9.17, 15) is 19.9 Å². The van der Waals surface area contributed by atoms with E-state index >= 15 is 0 Å². The highest BCUT2D eigenvalue weighted by Gasteiger charge is 2.54. The van der Waals surface area contributed by atoms with Gasteiger partial charge in [0.1, 0.15) is 30.1 Å². The first-order chi connectivity index (χ1) is 19.7. The molecule has 4 rings (SSSR count). The van der Waals surface area contributed by atoms with Crippen LogP contribution in [0.4, 0.5) is 11.6 Å². The van der Waals surface area contributed by atoms with Gasteiger partial charge in [0.25, 0.3) is 0 Å². The zero-order valence-corrected chi connectivity index (χ0v) is 25.1. The lowest BCUT2D eigenvalue weighted by Crippen LogP contribution is -2.44. The third-order valence-electron chi connectivity index (χ3n) is 6.36. The molecule has 42 heavy (non-hydrogen) atoms. The van der Waals surface area contributed by atoms with Crippen molar-refractivity contribution in [1.29, 1.82) is 0 Å². The number of aromatic nitrogens is 4. The van der Waals surface area contributed by atoms with Gasteiger partial charge in [-0.3, -0.25) is 4.57 Å². The van der Waals surface area contributed by atoms with Gasteiger partial charge in [0.2, 0.25) is 11.8 Å². The first-order valence-electron chi connectivity index (χ1n) is 13.2. The number of nitrogens with two attached hydrogens (primary N) is 1. The van der Waals surface area contributed by atoms with Gasteiger partial charge in [0.15, 0.2) is 23.4 Å². The summed E-state index contributed by atoms with van der Waals surface area (Å²) in [5.74, 6) is -0.568. The Morgan fingerprint density at radius 2 is 2.02 bits per heavy atom. The Kier molecular flexibility index (Phi) is 9.30. The topological polar surface area (TPSA) is 203 Å². The highest BCUT2D eigenvalue weighted by atomic mass is 31.1. The lowest BCUT2D eigenvalue weighted by atomic mass is 9.96. The highest BCUT2D eigenvalue weighted by Crippen LogP contribution is 2.41. The second-order valence-electron chi connectivity index (χ2n) is 11.2. The Bertz CT molecular complexity index is 1430. The molecule has 3 heterocycles. The van der Waals surface area contributed by atoms with Crippen LogP contribution in [0.3, 0.4) is 0 Å². The van der Waals surface area contributed by atoms with Crippen molar-refractivity contribution >= 4 is 36.9 Å². The monoisotopic (exact) mass is 605 g/mol. The van der Waals surface area contributed by atoms with Crippen LogP contribution >= 0.6 is 8.09 Å². The number of methoxy groups -OCH3 is 1. The van der Waals surface area contributed by atoms with Gasteiger partial charge in [-0.05, 0) is 31.4 Å². The smallest absolute Gasteiger partial charge is 0.334 e. The van der Waals surface area contributed by atoms with Gasteiger partial charge in [0.05, 0.1) is 20.0 Å². The van der Waals surface area contributed by atoms with Crippen molar-refractivity contribution in [1.82, 2.24) is 19.5 Å². The van der Waals surface area contributed by atoms with Crippen LogP contribution in [-0.2, 0) is 19.1 Å². The van der Waals surface area contributed by atoms with E-state index in [4.69, 9.17) is 24.8 Å². The summed E-state index contributed by atoms with van der Waals surface area (Å²) in [6, 6.07) is 7.44. The van der Waals surface area contributed by atoms with Crippen LogP contribution in [0.5, 0.6) is 5.88 Å². The van der Waals surface area contributed by atoms with Crippen molar-refractivity contribution in [3.8, 4) is 5.88 Å². The van der Waals surface area contributed by atoms with Gasteiger partial charge in [-0.15, -0.1) is 0 Å². The van der Waals surface area contributed by atoms with Crippen LogP contribution in [0.2, 0.25) is 0 Å². The van der Waals surface area contributed by atoms with Gasteiger partial charge in [-0.1, -0.05) is 48.5 Å². The number of hydrogen-bond donors (Lipinski definition) is 3. The molecule has 15 nitrogen and oxygen atoms in total. The third-order valence-corrected chi connectivity index (χ3v) is 7.56. The number of rotatable bonds is 10. The Morgan fingerprint density at radius 3 is 2.67 bits per heavy atom. The third kappa shape index (κ3) is 6.77. The summed E-state index contributed by atoms with van der Waals surface area (Å²) < 4.78 is 22.1. The predicted octanol–water partition coefficient (Wildman–Crippen LogP) is 1.70. The molecule has 0 saturated carbocycles. The summed E-state index contributed by atoms with van der Waals surface area (Å²) >= 11 is 0. The number of hydrogen-bond acceptors (Lipinski definition) is 13. The summed E-state index contributed by atoms with van der Waals surface area (Å²) in [5.41, 5.74) is 4.63. The lowest BCUT2D eigenvalue weighted by molar-refractivity contribution is -0.164. The molecule has 0 amide bonds. The van der Waals surface area contributed by atoms with Gasteiger partial charge in [0, 0.05) is 0 Å². The summed E-state index contributed by atoms with van der Waals surface area (Å²) in [6.45, 7) is 8.48. The number of aliphatic hydroxyl groups excluding tert-OH is 1. The van der Waals surface area contributed by atoms with Crippen molar-refractivity contribution in [2.45, 2.75) is 64.7 Å². The highest BCUT2D eigenvalue weighted by molar-refractivity contribution is 7.41. The zero-order chi connectivity index (χ0) is 30.8. The van der Waals surface area contributed by atoms with Gasteiger partial charge in [-0.25, -0.2) is 14.6 Å². The number of ether oxygens (including phenoxy) is 3. The fourth-order valence-electron chi connectivity index (χ4n) is 4.17. The molecule has 1 aromatic carbocycles. The number of aliphatic hydroxyl groups is 2. The van der Waals surface area contributed by atoms with E-state index < -0.39 is 44.1 Å². The predicted molar refractivity (Wildman–Crippen MR) is 151 cm³/mol. The second kappa shape index (κ2) is 12.4. The van der Waals surface area contributed by atoms with E-state index in [1.165, 1.54) is 31.9 Å². The molecule has 1 fully saturated rings. The number of imidazole rings is 1. The molecule has 1 unspecified atom stereocenters. The molecule has 1 aliphatic heterocycles. The molecule has 1 aliphatic rings. The fourth-order valence-corrected chi connectivity index (χ4v) is 5.15. The first kappa shape index (κ1) is 31.5. The average Bonchev–Trinajstić information content (AvgIpc) is 3.44. The molecule has 3 aromatic rings. The summed E-state index contributed by atoms with van der Waals surface area (Å²) in [4.78, 5) is 45.1. The number of nitrogens with zero attached hydrogens (tertiary/aromatic N) is 6. The SMILES string of the molecule is COc1nc(N)nc2c1ncn2[C@@H]1O[C@H](CON(c2ccccc2)[P+]([O-])=N[C@@H](C)C(=O)OCC(C)(C)C)[C@@H](O)[C@@]1(C)O. The lowest BCUT2D eigenvalue weighted by Gasteiger charge is -2.27. The van der Waals surface area contributed by atoms with Gasteiger partial charge < -0.3 is 35.1 Å². The normalized spacial score (nSPS) is 23.6. The Labute approximate surface area is 243 Å². The van der Waals surface area contributed by atoms with E-state index in [1.807, 2.05) is 20.8 Å². The summed E-state index contributed by atoms with van der Waals surface area (Å²) in [6.07, 6.45) is -2.33. The molecular weight excluding hydrogens is 569 g/mol. The molecule has 4 N–H and O–H groups in total. The Balaban J connectivity index is 1.55. The number of fused-ring (bicyclic) bond motifs is 1. The molecule has 16 heteroatoms. The molecule has 0 spiro atoms. The van der Waals surface area contributed by atoms with E-state index in [0.29, 0.717) is 5.69 Å². The summed E-state index contributed by atoms with van der Waals surface area (Å²) in [7, 11) is -1.24. The summed E-state index contributed by atoms with van der Waals surface area (Å²) in [5, 5.41) is 22.3. The largest absolute Gasteiger partial charge is 0.588 e. The van der Waals surface area contributed by atoms with Crippen molar-refractivity contribution < 1.29 is 38.9 Å². The molecule has 0 bridgehead atoms. The number of esters is 1. The number of anilines is 2. The first-order valence-corrected chi connectivity index (χ1v) is 14.3. The van der Waals surface area contributed by atoms with E-state index in [2.05, 4.69) is 19.7 Å². The second-order valence-corrected chi connectivity index (χ2v) is 12.3. The molecule has 2 aromatic heterocycles. The quantitative estimate of drug-likeness (QED) is 0.171. The van der Waals surface area contributed by atoms with Crippen LogP contribution in [0.1, 0.15) is 40.8 Å². The van der Waals surface area contributed by atoms with Crippen molar-refractivity contribution in [2.24, 2.45) is 10.2 Å². The Morgan fingerprint density at radius 1 is 1.33 bits per heavy atom. The number of benzene rings is 1. The van der Waals surface area contributed by atoms with Crippen LogP contribution in [-0.4, -0.2) is 79.9 Å². The molecule has 0 radical (unpaired) electrons. The van der Waals surface area contributed by atoms with Crippen molar-refractivity contribution in [3.63, 3.8) is 0 Å². The minimum Gasteiger partial charge on any atom is -0.588 e. The average molecular weight is 606 g/mol. The fraction of sp³-hybridized carbons (Fsp3) is 0.538. The number of carbonyl (C=O) groups excluding carboxylic acids is 1. The van der Waals surface area contributed by atoms with Crippen molar-refractivity contribution in [3.05, 3.63) is 36.7 Å². The Hall–Kier alpha value is -3.46. The van der Waals surface area contributed by atoms with Gasteiger partial charge in [-0.2, -0.15) is 9.97 Å². The van der Waals surface area contributed by atoms with Crippen molar-refractivity contribution in [2.75, 3.05) is 30.9 Å². The van der Waals surface area contributed by atoms with E-state index in [-0.39, 0.29) is 41.6 Å². The van der Waals surface area contributed by atoms with Crippen LogP contribution in [0.15, 0.2) is 41.4 Å². The minimum absolute atomic E-state index is 0.0817. The maximum absolute atomic E-state index is 13.3. The van der Waals surface area contributed by atoms with Crippen LogP contribution < -0.4 is 20.2 Å². The standard InChI is InChI=1S/C26H36N7O8P/c1-15(22(35)39-13-25(2,3)4)31-42(37)33(16-10-8-7-9-11-16)40-12-17-19(34)26(5,36)23(41-17)32-14-28-18-20(32)29-24(27)30-21(18)38-6/h7-11,14-15,17,19,23,34,36H,12-13H2,1-6H3,(H2,27,29,30)/t15-,17+,19+,23+,26+/m0/s1. The minimum atomic E-state index is -2.64. The van der Waals surface area contributed by atoms with E-state index in [1.54, 1.807) is 30.3 Å². The number of para-hydroxylation sites is 1. The maximum Gasteiger partial charge on any atom is 0.334 e. The molecular formula is C26H36N7O8P. The number of nitrogen functional groups attached to an aromatic ring is 1. The molecule has 228 valence electrons. The zero-order valence-electron chi connectivity index (χ0n) is 24.2. The van der Waals surface area contributed by atoms with E-state index in [0.717, 1.165) is 4.83 Å².